The predicted octanol–water partition coefficient (Wildman–Crippen LogP) is 4.68. The molecule has 24 heavy (non-hydrogen) atoms. The highest BCUT2D eigenvalue weighted by molar-refractivity contribution is 6.32. The van der Waals surface area contributed by atoms with Crippen LogP contribution in [0.1, 0.15) is 34.0 Å². The molecule has 3 aromatic rings. The van der Waals surface area contributed by atoms with Crippen LogP contribution in [0.2, 0.25) is 5.02 Å². The van der Waals surface area contributed by atoms with Gasteiger partial charge in [-0.1, -0.05) is 29.3 Å². The van der Waals surface area contributed by atoms with E-state index < -0.39 is 0 Å². The van der Waals surface area contributed by atoms with Crippen LogP contribution in [0, 0.1) is 13.8 Å². The Labute approximate surface area is 147 Å². The maximum atomic E-state index is 6.42. The summed E-state index contributed by atoms with van der Waals surface area (Å²) in [5.74, 6) is 0.752. The number of ether oxygens (including phenoxy) is 1. The van der Waals surface area contributed by atoms with E-state index in [4.69, 9.17) is 16.3 Å². The molecule has 2 heterocycles. The van der Waals surface area contributed by atoms with Gasteiger partial charge in [0.2, 0.25) is 0 Å². The minimum absolute atomic E-state index is 0.0637. The summed E-state index contributed by atoms with van der Waals surface area (Å²) in [6, 6.07) is 10.8. The van der Waals surface area contributed by atoms with Crippen LogP contribution in [-0.2, 0) is 6.42 Å². The fraction of sp³-hybridized carbons (Fsp3) is 0.300. The Hall–Kier alpha value is -1.97. The van der Waals surface area contributed by atoms with E-state index in [1.54, 1.807) is 7.11 Å². The second-order valence-corrected chi connectivity index (χ2v) is 6.98. The summed E-state index contributed by atoms with van der Waals surface area (Å²) in [5, 5.41) is 5.61. The van der Waals surface area contributed by atoms with E-state index in [9.17, 15) is 0 Å². The number of nitrogens with one attached hydrogen (secondary N) is 2. The standard InChI is InChI=1S/C20H21ClN2O/c1-11-4-5-17-14(8-11)13-6-7-22-18(19(13)23-17)15-9-12(2)10-16(21)20(15)24-3/h4-5,8-10,18,22-23H,6-7H2,1-3H3. The lowest BCUT2D eigenvalue weighted by molar-refractivity contribution is 0.402. The molecule has 1 atom stereocenters. The van der Waals surface area contributed by atoms with E-state index in [0.717, 1.165) is 29.8 Å². The van der Waals surface area contributed by atoms with Crippen molar-refractivity contribution in [2.24, 2.45) is 0 Å². The average Bonchev–Trinajstić information content (AvgIpc) is 2.92. The van der Waals surface area contributed by atoms with Crippen LogP contribution >= 0.6 is 11.6 Å². The molecule has 124 valence electrons. The molecule has 1 unspecified atom stereocenters. The van der Waals surface area contributed by atoms with Crippen LogP contribution in [0.25, 0.3) is 10.9 Å². The van der Waals surface area contributed by atoms with Gasteiger partial charge in [-0.25, -0.2) is 0 Å². The van der Waals surface area contributed by atoms with Crippen LogP contribution in [-0.4, -0.2) is 18.6 Å². The van der Waals surface area contributed by atoms with Crippen LogP contribution in [0.3, 0.4) is 0 Å². The number of benzene rings is 2. The normalized spacial score (nSPS) is 17.1. The smallest absolute Gasteiger partial charge is 0.142 e. The third-order valence-electron chi connectivity index (χ3n) is 4.84. The van der Waals surface area contributed by atoms with Gasteiger partial charge in [0.25, 0.3) is 0 Å². The highest BCUT2D eigenvalue weighted by atomic mass is 35.5. The third-order valence-corrected chi connectivity index (χ3v) is 5.12. The van der Waals surface area contributed by atoms with Crippen LogP contribution in [0.15, 0.2) is 30.3 Å². The molecule has 0 bridgehead atoms. The van der Waals surface area contributed by atoms with Crippen molar-refractivity contribution in [3.63, 3.8) is 0 Å². The molecule has 4 rings (SSSR count). The topological polar surface area (TPSA) is 37.0 Å². The number of aryl methyl sites for hydroxylation is 2. The van der Waals surface area contributed by atoms with Gasteiger partial charge in [0.15, 0.2) is 0 Å². The zero-order valence-electron chi connectivity index (χ0n) is 14.2. The lowest BCUT2D eigenvalue weighted by Crippen LogP contribution is -2.30. The molecule has 0 radical (unpaired) electrons. The number of aromatic amines is 1. The second kappa shape index (κ2) is 5.83. The van der Waals surface area contributed by atoms with Gasteiger partial charge in [-0.3, -0.25) is 0 Å². The van der Waals surface area contributed by atoms with E-state index in [1.807, 2.05) is 6.07 Å². The fourth-order valence-corrected chi connectivity index (χ4v) is 4.15. The Morgan fingerprint density at radius 3 is 2.75 bits per heavy atom. The van der Waals surface area contributed by atoms with E-state index in [-0.39, 0.29) is 6.04 Å². The molecule has 0 spiro atoms. The number of methoxy groups -OCH3 is 1. The molecular formula is C20H21ClN2O. The third kappa shape index (κ3) is 2.40. The summed E-state index contributed by atoms with van der Waals surface area (Å²) >= 11 is 6.42. The van der Waals surface area contributed by atoms with Crippen LogP contribution in [0.5, 0.6) is 5.75 Å². The average molecular weight is 341 g/mol. The van der Waals surface area contributed by atoms with Crippen LogP contribution in [0.4, 0.5) is 0 Å². The van der Waals surface area contributed by atoms with Crippen molar-refractivity contribution in [1.82, 2.24) is 10.3 Å². The first-order valence-electron chi connectivity index (χ1n) is 8.27. The summed E-state index contributed by atoms with van der Waals surface area (Å²) < 4.78 is 5.61. The molecule has 1 aliphatic rings. The Morgan fingerprint density at radius 2 is 1.96 bits per heavy atom. The van der Waals surface area contributed by atoms with Crippen molar-refractivity contribution in [2.45, 2.75) is 26.3 Å². The molecule has 0 saturated heterocycles. The number of halogens is 1. The molecule has 2 aromatic carbocycles. The van der Waals surface area contributed by atoms with E-state index >= 15 is 0 Å². The van der Waals surface area contributed by atoms with Gasteiger partial charge in [-0.2, -0.15) is 0 Å². The second-order valence-electron chi connectivity index (χ2n) is 6.57. The molecule has 1 aromatic heterocycles. The maximum absolute atomic E-state index is 6.42. The van der Waals surface area contributed by atoms with Gasteiger partial charge in [0, 0.05) is 28.7 Å². The minimum atomic E-state index is 0.0637. The number of H-pyrrole nitrogens is 1. The Bertz CT molecular complexity index is 929. The molecular weight excluding hydrogens is 320 g/mol. The number of hydrogen-bond acceptors (Lipinski definition) is 2. The highest BCUT2D eigenvalue weighted by Gasteiger charge is 2.28. The summed E-state index contributed by atoms with van der Waals surface area (Å²) in [4.78, 5) is 3.62. The number of aromatic nitrogens is 1. The van der Waals surface area contributed by atoms with Gasteiger partial charge in [-0.15, -0.1) is 0 Å². The van der Waals surface area contributed by atoms with Crippen molar-refractivity contribution >= 4 is 22.5 Å². The lowest BCUT2D eigenvalue weighted by Gasteiger charge is -2.27. The Kier molecular flexibility index (Phi) is 3.78. The number of hydrogen-bond donors (Lipinski definition) is 2. The van der Waals surface area contributed by atoms with Crippen molar-refractivity contribution < 1.29 is 4.74 Å². The monoisotopic (exact) mass is 340 g/mol. The molecule has 0 amide bonds. The van der Waals surface area contributed by atoms with E-state index in [0.29, 0.717) is 5.02 Å². The molecule has 0 fully saturated rings. The molecule has 3 nitrogen and oxygen atoms in total. The molecule has 0 saturated carbocycles. The van der Waals surface area contributed by atoms with Gasteiger partial charge in [0.1, 0.15) is 5.75 Å². The zero-order chi connectivity index (χ0) is 16.8. The quantitative estimate of drug-likeness (QED) is 0.710. The Morgan fingerprint density at radius 1 is 1.12 bits per heavy atom. The van der Waals surface area contributed by atoms with E-state index in [2.05, 4.69) is 48.4 Å². The largest absolute Gasteiger partial charge is 0.495 e. The minimum Gasteiger partial charge on any atom is -0.495 e. The highest BCUT2D eigenvalue weighted by Crippen LogP contribution is 2.40. The zero-order valence-corrected chi connectivity index (χ0v) is 14.9. The summed E-state index contributed by atoms with van der Waals surface area (Å²) in [6.07, 6.45) is 1.02. The van der Waals surface area contributed by atoms with Crippen molar-refractivity contribution in [3.05, 3.63) is 63.3 Å². The van der Waals surface area contributed by atoms with Gasteiger partial charge < -0.3 is 15.0 Å². The van der Waals surface area contributed by atoms with Gasteiger partial charge in [-0.05, 0) is 49.6 Å². The molecule has 4 heteroatoms. The number of fused-ring (bicyclic) bond motifs is 3. The first-order chi connectivity index (χ1) is 11.6. The molecule has 1 aliphatic heterocycles. The van der Waals surface area contributed by atoms with Crippen molar-refractivity contribution in [1.29, 1.82) is 0 Å². The predicted molar refractivity (Wildman–Crippen MR) is 99.3 cm³/mol. The SMILES string of the molecule is COc1c(Cl)cc(C)cc1C1NCCc2c1[nH]c1ccc(C)cc21. The van der Waals surface area contributed by atoms with E-state index in [1.165, 1.54) is 27.7 Å². The Balaban J connectivity index is 1.93. The van der Waals surface area contributed by atoms with Crippen LogP contribution < -0.4 is 10.1 Å². The molecule has 0 aliphatic carbocycles. The fourth-order valence-electron chi connectivity index (χ4n) is 3.79. The van der Waals surface area contributed by atoms with Gasteiger partial charge >= 0.3 is 0 Å². The maximum Gasteiger partial charge on any atom is 0.142 e. The van der Waals surface area contributed by atoms with Crippen molar-refractivity contribution in [2.75, 3.05) is 13.7 Å². The summed E-state index contributed by atoms with van der Waals surface area (Å²) in [7, 11) is 1.68. The summed E-state index contributed by atoms with van der Waals surface area (Å²) in [5.41, 5.74) is 7.33. The lowest BCUT2D eigenvalue weighted by atomic mass is 9.92. The summed E-state index contributed by atoms with van der Waals surface area (Å²) in [6.45, 7) is 5.14. The van der Waals surface area contributed by atoms with Crippen molar-refractivity contribution in [3.8, 4) is 5.75 Å². The number of rotatable bonds is 2. The van der Waals surface area contributed by atoms with Gasteiger partial charge in [0.05, 0.1) is 18.2 Å². The molecule has 2 N–H and O–H groups in total. The first kappa shape index (κ1) is 15.6. The first-order valence-corrected chi connectivity index (χ1v) is 8.65.